The number of ether oxygens (including phenoxy) is 1. The molecule has 0 spiro atoms. The van der Waals surface area contributed by atoms with Gasteiger partial charge in [0, 0.05) is 7.11 Å². The van der Waals surface area contributed by atoms with Crippen molar-refractivity contribution >= 4 is 8.32 Å². The zero-order chi connectivity index (χ0) is 10.9. The summed E-state index contributed by atoms with van der Waals surface area (Å²) in [6.45, 7) is 1.45. The molecule has 8 heteroatoms. The predicted octanol–water partition coefficient (Wildman–Crippen LogP) is 2.51. The molecular weight excluding hydrogens is 215 g/mol. The molecule has 0 aromatic carbocycles. The monoisotopic (exact) mass is 224 g/mol. The third kappa shape index (κ3) is 3.57. The molecule has 0 atom stereocenters. The lowest BCUT2D eigenvalue weighted by molar-refractivity contribution is -0.295. The van der Waals surface area contributed by atoms with E-state index in [1.165, 1.54) is 0 Å². The van der Waals surface area contributed by atoms with E-state index in [-0.39, 0.29) is 0 Å². The van der Waals surface area contributed by atoms with Crippen molar-refractivity contribution in [2.75, 3.05) is 7.11 Å². The van der Waals surface area contributed by atoms with Crippen LogP contribution in [0.5, 0.6) is 0 Å². The Kier molecular flexibility index (Phi) is 3.45. The number of hydrogen-bond donors (Lipinski definition) is 0. The Labute approximate surface area is 72.8 Å². The fraction of sp³-hybridized carbons (Fsp3) is 1.00. The molecule has 80 valence electrons. The molecule has 0 saturated carbocycles. The molecule has 0 saturated heterocycles. The molecular formula is C5H9F5O2Si. The van der Waals surface area contributed by atoms with E-state index >= 15 is 0 Å². The van der Waals surface area contributed by atoms with Crippen molar-refractivity contribution < 1.29 is 31.1 Å². The molecule has 0 N–H and O–H groups in total. The van der Waals surface area contributed by atoms with Gasteiger partial charge in [0.15, 0.2) is 0 Å². The molecule has 0 radical (unpaired) electrons. The quantitative estimate of drug-likeness (QED) is 0.541. The van der Waals surface area contributed by atoms with Gasteiger partial charge < -0.3 is 9.16 Å². The van der Waals surface area contributed by atoms with Gasteiger partial charge >= 0.3 is 20.4 Å². The summed E-state index contributed by atoms with van der Waals surface area (Å²) in [5, 5.41) is 0. The minimum atomic E-state index is -5.06. The third-order valence-electron chi connectivity index (χ3n) is 1.33. The van der Waals surface area contributed by atoms with E-state index in [2.05, 4.69) is 9.16 Å². The van der Waals surface area contributed by atoms with Crippen LogP contribution in [0.4, 0.5) is 22.0 Å². The van der Waals surface area contributed by atoms with Crippen LogP contribution in [0.1, 0.15) is 0 Å². The SMILES string of the molecule is COC(F)(F)[Si](C)(C)OC(F)(F)F. The molecule has 13 heavy (non-hydrogen) atoms. The summed E-state index contributed by atoms with van der Waals surface area (Å²) >= 11 is 0. The Morgan fingerprint density at radius 1 is 1.00 bits per heavy atom. The van der Waals surface area contributed by atoms with E-state index in [4.69, 9.17) is 0 Å². The van der Waals surface area contributed by atoms with Crippen molar-refractivity contribution in [3.05, 3.63) is 0 Å². The van der Waals surface area contributed by atoms with E-state index in [0.717, 1.165) is 13.1 Å². The molecule has 0 amide bonds. The molecule has 0 aromatic heterocycles. The first-order valence-corrected chi connectivity index (χ1v) is 6.12. The molecule has 0 aliphatic rings. The maximum atomic E-state index is 12.7. The van der Waals surface area contributed by atoms with E-state index in [0.29, 0.717) is 7.11 Å². The van der Waals surface area contributed by atoms with Crippen molar-refractivity contribution in [2.24, 2.45) is 0 Å². The van der Waals surface area contributed by atoms with Gasteiger partial charge in [0.25, 0.3) is 0 Å². The van der Waals surface area contributed by atoms with Crippen molar-refractivity contribution in [1.82, 2.24) is 0 Å². The van der Waals surface area contributed by atoms with Crippen LogP contribution < -0.4 is 0 Å². The topological polar surface area (TPSA) is 18.5 Å². The molecule has 0 aliphatic carbocycles. The fourth-order valence-electron chi connectivity index (χ4n) is 0.595. The highest BCUT2D eigenvalue weighted by Gasteiger charge is 2.57. The smallest absolute Gasteiger partial charge is 0.326 e. The Morgan fingerprint density at radius 2 is 1.38 bits per heavy atom. The van der Waals surface area contributed by atoms with Gasteiger partial charge in [-0.25, -0.2) is 0 Å². The Bertz CT molecular complexity index is 178. The molecule has 0 rings (SSSR count). The second kappa shape index (κ2) is 3.50. The molecule has 0 unspecified atom stereocenters. The molecule has 0 fully saturated rings. The average Bonchev–Trinajstić information content (AvgIpc) is 1.81. The minimum Gasteiger partial charge on any atom is -0.326 e. The molecule has 0 aromatic rings. The summed E-state index contributed by atoms with van der Waals surface area (Å²) in [6.07, 6.45) is -5.06. The van der Waals surface area contributed by atoms with Gasteiger partial charge in [-0.3, -0.25) is 0 Å². The van der Waals surface area contributed by atoms with Gasteiger partial charge in [0.2, 0.25) is 0 Å². The van der Waals surface area contributed by atoms with E-state index < -0.39 is 20.4 Å². The Hall–Kier alpha value is -0.213. The van der Waals surface area contributed by atoms with Crippen LogP contribution in [0.25, 0.3) is 0 Å². The standard InChI is InChI=1S/C5H9F5O2Si/c1-11-5(9,10)13(2,3)12-4(6,7)8/h1-3H3. The van der Waals surface area contributed by atoms with Crippen LogP contribution in [-0.2, 0) is 9.16 Å². The number of alkyl halides is 5. The maximum Gasteiger partial charge on any atom is 0.513 e. The van der Waals surface area contributed by atoms with E-state index in [9.17, 15) is 22.0 Å². The highest BCUT2D eigenvalue weighted by atomic mass is 28.4. The number of rotatable bonds is 3. The summed E-state index contributed by atoms with van der Waals surface area (Å²) in [5.41, 5.74) is -3.86. The highest BCUT2D eigenvalue weighted by Crippen LogP contribution is 2.33. The molecule has 0 aliphatic heterocycles. The largest absolute Gasteiger partial charge is 0.513 e. The second-order valence-corrected chi connectivity index (χ2v) is 6.59. The first-order chi connectivity index (χ1) is 5.52. The van der Waals surface area contributed by atoms with E-state index in [1.54, 1.807) is 0 Å². The number of hydrogen-bond acceptors (Lipinski definition) is 2. The van der Waals surface area contributed by atoms with Gasteiger partial charge in [-0.1, -0.05) is 0 Å². The van der Waals surface area contributed by atoms with Gasteiger partial charge in [-0.15, -0.1) is 13.2 Å². The lowest BCUT2D eigenvalue weighted by Gasteiger charge is -2.30. The second-order valence-electron chi connectivity index (χ2n) is 2.78. The summed E-state index contributed by atoms with van der Waals surface area (Å²) in [6, 6.07) is 0. The van der Waals surface area contributed by atoms with Gasteiger partial charge in [-0.05, 0) is 13.1 Å². The van der Waals surface area contributed by atoms with Crippen LogP contribution in [0.15, 0.2) is 0 Å². The molecule has 0 bridgehead atoms. The summed E-state index contributed by atoms with van der Waals surface area (Å²) < 4.78 is 67.3. The Balaban J connectivity index is 4.58. The van der Waals surface area contributed by atoms with E-state index in [1.807, 2.05) is 0 Å². The molecule has 0 heterocycles. The van der Waals surface area contributed by atoms with Crippen LogP contribution >= 0.6 is 0 Å². The first kappa shape index (κ1) is 12.8. The van der Waals surface area contributed by atoms with Crippen molar-refractivity contribution in [3.63, 3.8) is 0 Å². The highest BCUT2D eigenvalue weighted by molar-refractivity contribution is 6.73. The van der Waals surface area contributed by atoms with Crippen molar-refractivity contribution in [2.45, 2.75) is 25.2 Å². The van der Waals surface area contributed by atoms with Crippen molar-refractivity contribution in [3.8, 4) is 0 Å². The van der Waals surface area contributed by atoms with Crippen LogP contribution in [0.2, 0.25) is 13.1 Å². The zero-order valence-corrected chi connectivity index (χ0v) is 8.21. The van der Waals surface area contributed by atoms with Gasteiger partial charge in [-0.2, -0.15) is 8.78 Å². The Morgan fingerprint density at radius 3 is 1.62 bits per heavy atom. The van der Waals surface area contributed by atoms with Gasteiger partial charge in [0.1, 0.15) is 0 Å². The van der Waals surface area contributed by atoms with Crippen LogP contribution in [-0.4, -0.2) is 27.5 Å². The number of halogens is 5. The van der Waals surface area contributed by atoms with Crippen molar-refractivity contribution in [1.29, 1.82) is 0 Å². The fourth-order valence-corrected chi connectivity index (χ4v) is 1.78. The van der Waals surface area contributed by atoms with Crippen LogP contribution in [0, 0.1) is 0 Å². The lowest BCUT2D eigenvalue weighted by atomic mass is 11.4. The third-order valence-corrected chi connectivity index (χ3v) is 3.68. The number of methoxy groups -OCH3 is 1. The normalized spacial score (nSPS) is 14.8. The summed E-state index contributed by atoms with van der Waals surface area (Å²) in [5.74, 6) is 0. The maximum absolute atomic E-state index is 12.7. The lowest BCUT2D eigenvalue weighted by Crippen LogP contribution is -2.54. The summed E-state index contributed by atoms with van der Waals surface area (Å²) in [7, 11) is -3.61. The molecule has 2 nitrogen and oxygen atoms in total. The zero-order valence-electron chi connectivity index (χ0n) is 7.21. The average molecular weight is 224 g/mol. The predicted molar refractivity (Wildman–Crippen MR) is 36.6 cm³/mol. The minimum absolute atomic E-state index is 0.633. The first-order valence-electron chi connectivity index (χ1n) is 3.22. The van der Waals surface area contributed by atoms with Crippen LogP contribution in [0.3, 0.4) is 0 Å². The van der Waals surface area contributed by atoms with Gasteiger partial charge in [0.05, 0.1) is 0 Å². The summed E-state index contributed by atoms with van der Waals surface area (Å²) in [4.78, 5) is 0.